The van der Waals surface area contributed by atoms with Crippen LogP contribution in [0, 0.1) is 0 Å². The number of benzene rings is 11. The molecule has 1 aromatic heterocycles. The van der Waals surface area contributed by atoms with Gasteiger partial charge in [-0.1, -0.05) is 200 Å². The number of fused-ring (bicyclic) bond motifs is 7. The van der Waals surface area contributed by atoms with Gasteiger partial charge in [-0.25, -0.2) is 0 Å². The van der Waals surface area contributed by atoms with E-state index in [0.29, 0.717) is 0 Å². The average molecular weight is 790 g/mol. The van der Waals surface area contributed by atoms with Gasteiger partial charge in [0.2, 0.25) is 0 Å². The highest BCUT2D eigenvalue weighted by molar-refractivity contribution is 6.21. The van der Waals surface area contributed by atoms with E-state index in [1.807, 2.05) is 0 Å². The van der Waals surface area contributed by atoms with Gasteiger partial charge in [-0.3, -0.25) is 0 Å². The number of hydrogen-bond donors (Lipinski definition) is 0. The molecule has 0 bridgehead atoms. The molecule has 62 heavy (non-hydrogen) atoms. The second kappa shape index (κ2) is 14.8. The van der Waals surface area contributed by atoms with Crippen molar-refractivity contribution in [3.63, 3.8) is 0 Å². The number of furan rings is 1. The molecule has 1 heterocycles. The van der Waals surface area contributed by atoms with Gasteiger partial charge in [0, 0.05) is 22.1 Å². The molecule has 11 aromatic carbocycles. The van der Waals surface area contributed by atoms with Crippen LogP contribution in [0.4, 0.5) is 17.1 Å². The summed E-state index contributed by atoms with van der Waals surface area (Å²) in [6.07, 6.45) is 0. The van der Waals surface area contributed by atoms with Crippen molar-refractivity contribution in [1.29, 1.82) is 0 Å². The summed E-state index contributed by atoms with van der Waals surface area (Å²) in [7, 11) is 0. The fraction of sp³-hybridized carbons (Fsp3) is 0. The summed E-state index contributed by atoms with van der Waals surface area (Å²) in [6, 6.07) is 85.4. The Hall–Kier alpha value is -8.20. The molecular weight excluding hydrogens is 751 g/mol. The fourth-order valence-electron chi connectivity index (χ4n) is 9.72. The molecule has 2 heteroatoms. The zero-order valence-corrected chi connectivity index (χ0v) is 33.9. The molecule has 0 aliphatic heterocycles. The molecule has 0 N–H and O–H groups in total. The SMILES string of the molecule is c1ccc(-c2ccccc2-c2ccccc2N(c2ccccc2-c2cccc3ccccc23)c2ccc(-c3cc4ccccc4c4ccccc34)c3oc4ccccc4c23)cc1. The lowest BCUT2D eigenvalue weighted by Gasteiger charge is -2.31. The Morgan fingerprint density at radius 1 is 0.274 bits per heavy atom. The Kier molecular flexibility index (Phi) is 8.53. The van der Waals surface area contributed by atoms with Crippen LogP contribution in [0.25, 0.3) is 98.8 Å². The van der Waals surface area contributed by atoms with Crippen LogP contribution >= 0.6 is 0 Å². The third kappa shape index (κ3) is 5.80. The number of hydrogen-bond acceptors (Lipinski definition) is 2. The van der Waals surface area contributed by atoms with Crippen molar-refractivity contribution in [3.05, 3.63) is 237 Å². The quantitative estimate of drug-likeness (QED) is 0.150. The maximum atomic E-state index is 7.10. The molecule has 0 fully saturated rings. The molecule has 0 saturated heterocycles. The molecular formula is C60H39NO. The van der Waals surface area contributed by atoms with Crippen LogP contribution in [0.3, 0.4) is 0 Å². The predicted molar refractivity (Wildman–Crippen MR) is 263 cm³/mol. The van der Waals surface area contributed by atoms with Gasteiger partial charge in [0.15, 0.2) is 0 Å². The average Bonchev–Trinajstić information content (AvgIpc) is 3.75. The van der Waals surface area contributed by atoms with Crippen molar-refractivity contribution in [3.8, 4) is 44.5 Å². The van der Waals surface area contributed by atoms with E-state index < -0.39 is 0 Å². The maximum Gasteiger partial charge on any atom is 0.145 e. The van der Waals surface area contributed by atoms with E-state index in [9.17, 15) is 0 Å². The van der Waals surface area contributed by atoms with Gasteiger partial charge in [-0.05, 0) is 96.5 Å². The van der Waals surface area contributed by atoms with Crippen LogP contribution in [0.15, 0.2) is 241 Å². The Labute approximate surface area is 360 Å². The third-order valence-electron chi connectivity index (χ3n) is 12.5. The van der Waals surface area contributed by atoms with Crippen LogP contribution < -0.4 is 4.90 Å². The topological polar surface area (TPSA) is 16.4 Å². The van der Waals surface area contributed by atoms with Crippen molar-refractivity contribution in [1.82, 2.24) is 0 Å². The highest BCUT2D eigenvalue weighted by atomic mass is 16.3. The van der Waals surface area contributed by atoms with Gasteiger partial charge in [0.05, 0.1) is 22.4 Å². The zero-order chi connectivity index (χ0) is 41.0. The molecule has 290 valence electrons. The van der Waals surface area contributed by atoms with Gasteiger partial charge in [0.1, 0.15) is 11.2 Å². The number of anilines is 3. The third-order valence-corrected chi connectivity index (χ3v) is 12.5. The van der Waals surface area contributed by atoms with Crippen molar-refractivity contribution < 1.29 is 4.42 Å². The second-order valence-corrected chi connectivity index (χ2v) is 15.9. The molecule has 0 radical (unpaired) electrons. The Bertz CT molecular complexity index is 3650. The fourth-order valence-corrected chi connectivity index (χ4v) is 9.72. The minimum Gasteiger partial charge on any atom is -0.455 e. The smallest absolute Gasteiger partial charge is 0.145 e. The second-order valence-electron chi connectivity index (χ2n) is 15.9. The summed E-state index contributed by atoms with van der Waals surface area (Å²) >= 11 is 0. The summed E-state index contributed by atoms with van der Waals surface area (Å²) in [5, 5.41) is 9.42. The number of nitrogens with zero attached hydrogens (tertiary/aromatic N) is 1. The molecule has 0 atom stereocenters. The lowest BCUT2D eigenvalue weighted by Crippen LogP contribution is -2.13. The van der Waals surface area contributed by atoms with Crippen LogP contribution in [0.5, 0.6) is 0 Å². The molecule has 0 unspecified atom stereocenters. The van der Waals surface area contributed by atoms with E-state index in [-0.39, 0.29) is 0 Å². The Balaban J connectivity index is 1.19. The van der Waals surface area contributed by atoms with Crippen LogP contribution in [0.2, 0.25) is 0 Å². The molecule has 12 rings (SSSR count). The van der Waals surface area contributed by atoms with Crippen molar-refractivity contribution in [2.45, 2.75) is 0 Å². The lowest BCUT2D eigenvalue weighted by molar-refractivity contribution is 0.670. The van der Waals surface area contributed by atoms with E-state index >= 15 is 0 Å². The molecule has 0 aliphatic carbocycles. The van der Waals surface area contributed by atoms with Gasteiger partial charge in [-0.2, -0.15) is 0 Å². The van der Waals surface area contributed by atoms with Crippen LogP contribution in [0.1, 0.15) is 0 Å². The first-order chi connectivity index (χ1) is 30.8. The van der Waals surface area contributed by atoms with Gasteiger partial charge < -0.3 is 9.32 Å². The van der Waals surface area contributed by atoms with E-state index in [1.165, 1.54) is 49.0 Å². The van der Waals surface area contributed by atoms with Crippen LogP contribution in [-0.4, -0.2) is 0 Å². The number of para-hydroxylation sites is 3. The number of rotatable bonds is 7. The monoisotopic (exact) mass is 789 g/mol. The van der Waals surface area contributed by atoms with E-state index in [4.69, 9.17) is 4.42 Å². The lowest BCUT2D eigenvalue weighted by atomic mass is 9.90. The molecule has 12 aromatic rings. The largest absolute Gasteiger partial charge is 0.455 e. The van der Waals surface area contributed by atoms with Crippen molar-refractivity contribution in [2.75, 3.05) is 4.90 Å². The van der Waals surface area contributed by atoms with E-state index in [1.54, 1.807) is 0 Å². The van der Waals surface area contributed by atoms with Crippen LogP contribution in [-0.2, 0) is 0 Å². The Morgan fingerprint density at radius 2 is 0.806 bits per heavy atom. The maximum absolute atomic E-state index is 7.10. The summed E-state index contributed by atoms with van der Waals surface area (Å²) in [6.45, 7) is 0. The first-order valence-corrected chi connectivity index (χ1v) is 21.3. The first-order valence-electron chi connectivity index (χ1n) is 21.3. The molecule has 0 amide bonds. The molecule has 2 nitrogen and oxygen atoms in total. The molecule has 0 saturated carbocycles. The summed E-state index contributed by atoms with van der Waals surface area (Å²) in [5.41, 5.74) is 14.1. The highest BCUT2D eigenvalue weighted by Crippen LogP contribution is 2.52. The van der Waals surface area contributed by atoms with Gasteiger partial charge >= 0.3 is 0 Å². The van der Waals surface area contributed by atoms with Crippen molar-refractivity contribution in [2.24, 2.45) is 0 Å². The summed E-state index contributed by atoms with van der Waals surface area (Å²) in [4.78, 5) is 2.49. The summed E-state index contributed by atoms with van der Waals surface area (Å²) < 4.78 is 7.10. The normalized spacial score (nSPS) is 11.5. The minimum absolute atomic E-state index is 0.853. The first kappa shape index (κ1) is 35.7. The summed E-state index contributed by atoms with van der Waals surface area (Å²) in [5.74, 6) is 0. The van der Waals surface area contributed by atoms with E-state index in [2.05, 4.69) is 241 Å². The van der Waals surface area contributed by atoms with Crippen molar-refractivity contribution >= 4 is 71.3 Å². The Morgan fingerprint density at radius 3 is 1.58 bits per heavy atom. The predicted octanol–water partition coefficient (Wildman–Crippen LogP) is 17.2. The zero-order valence-electron chi connectivity index (χ0n) is 33.9. The highest BCUT2D eigenvalue weighted by Gasteiger charge is 2.27. The van der Waals surface area contributed by atoms with Gasteiger partial charge in [0.25, 0.3) is 0 Å². The van der Waals surface area contributed by atoms with E-state index in [0.717, 1.165) is 66.8 Å². The van der Waals surface area contributed by atoms with Gasteiger partial charge in [-0.15, -0.1) is 0 Å². The molecule has 0 aliphatic rings. The standard InChI is InChI=1S/C60H39NO/c1-2-19-40(20-3-1)43-25-8-9-28-47(43)50-30-12-15-34-55(50)61(56-35-16-13-31-51(56)48-33-18-23-41-21-4-6-24-44(41)48)57-38-37-52(60-59(57)53-32-14-17-36-58(53)62-60)54-39-42-22-5-7-26-45(42)46-27-10-11-29-49(46)54/h1-39H. The molecule has 0 spiro atoms. The minimum atomic E-state index is 0.853.